The van der Waals surface area contributed by atoms with Crippen LogP contribution in [0.15, 0.2) is 12.7 Å². The summed E-state index contributed by atoms with van der Waals surface area (Å²) in [5.41, 5.74) is 0.562. The average molecular weight is 431 g/mol. The lowest BCUT2D eigenvalue weighted by Crippen LogP contribution is -2.59. The second-order valence-corrected chi connectivity index (χ2v) is 11.7. The van der Waals surface area contributed by atoms with Gasteiger partial charge in [0, 0.05) is 19.8 Å². The highest BCUT2D eigenvalue weighted by atomic mass is 16.5. The first-order valence-corrected chi connectivity index (χ1v) is 12.6. The Hall–Kier alpha value is -1.32. The van der Waals surface area contributed by atoms with E-state index in [0.717, 1.165) is 25.7 Å². The molecule has 0 aromatic heterocycles. The summed E-state index contributed by atoms with van der Waals surface area (Å²) in [5, 5.41) is 0. The number of rotatable bonds is 4. The van der Waals surface area contributed by atoms with Gasteiger partial charge in [-0.15, -0.1) is 6.58 Å². The molecular weight excluding hydrogens is 388 g/mol. The lowest BCUT2D eigenvalue weighted by atomic mass is 9.43. The lowest BCUT2D eigenvalue weighted by Gasteiger charge is -2.62. The molecule has 10 atom stereocenters. The highest BCUT2D eigenvalue weighted by molar-refractivity contribution is 5.66. The van der Waals surface area contributed by atoms with Gasteiger partial charge in [0.05, 0.1) is 0 Å². The van der Waals surface area contributed by atoms with Crippen LogP contribution in [-0.4, -0.2) is 24.1 Å². The monoisotopic (exact) mass is 430 g/mol. The zero-order valence-corrected chi connectivity index (χ0v) is 20.2. The van der Waals surface area contributed by atoms with E-state index in [0.29, 0.717) is 40.9 Å². The van der Waals surface area contributed by atoms with Crippen LogP contribution in [0.25, 0.3) is 0 Å². The van der Waals surface area contributed by atoms with Gasteiger partial charge >= 0.3 is 11.9 Å². The van der Waals surface area contributed by atoms with Gasteiger partial charge in [-0.05, 0) is 91.8 Å². The summed E-state index contributed by atoms with van der Waals surface area (Å²) >= 11 is 0. The molecule has 4 fully saturated rings. The molecule has 4 aliphatic carbocycles. The zero-order chi connectivity index (χ0) is 22.6. The van der Waals surface area contributed by atoms with Gasteiger partial charge in [0.1, 0.15) is 12.2 Å². The molecule has 31 heavy (non-hydrogen) atoms. The van der Waals surface area contributed by atoms with Gasteiger partial charge in [0.25, 0.3) is 0 Å². The molecule has 0 spiro atoms. The largest absolute Gasteiger partial charge is 0.463 e. The van der Waals surface area contributed by atoms with Gasteiger partial charge in [-0.25, -0.2) is 0 Å². The molecule has 4 aliphatic rings. The van der Waals surface area contributed by atoms with E-state index in [-0.39, 0.29) is 29.6 Å². The van der Waals surface area contributed by atoms with Crippen molar-refractivity contribution < 1.29 is 19.1 Å². The highest BCUT2D eigenvalue weighted by Gasteiger charge is 2.63. The van der Waals surface area contributed by atoms with Crippen LogP contribution >= 0.6 is 0 Å². The third-order valence-corrected chi connectivity index (χ3v) is 10.3. The maximum Gasteiger partial charge on any atom is 0.302 e. The van der Waals surface area contributed by atoms with Gasteiger partial charge < -0.3 is 9.47 Å². The molecule has 4 heteroatoms. The Balaban J connectivity index is 1.65. The maximum atomic E-state index is 12.1. The minimum Gasteiger partial charge on any atom is -0.463 e. The minimum atomic E-state index is -0.180. The summed E-state index contributed by atoms with van der Waals surface area (Å²) in [6.45, 7) is 14.5. The second-order valence-electron chi connectivity index (χ2n) is 11.7. The zero-order valence-electron chi connectivity index (χ0n) is 20.2. The van der Waals surface area contributed by atoms with Crippen molar-refractivity contribution in [2.75, 3.05) is 0 Å². The molecular formula is C27H42O4. The Bertz CT molecular complexity index is 731. The molecule has 0 heterocycles. The van der Waals surface area contributed by atoms with E-state index in [2.05, 4.69) is 33.4 Å². The van der Waals surface area contributed by atoms with Crippen molar-refractivity contribution in [2.24, 2.45) is 46.3 Å². The number of esters is 2. The molecule has 174 valence electrons. The van der Waals surface area contributed by atoms with Crippen molar-refractivity contribution in [1.82, 2.24) is 0 Å². The molecule has 4 nitrogen and oxygen atoms in total. The smallest absolute Gasteiger partial charge is 0.302 e. The number of allylic oxidation sites excluding steroid dienone is 1. The fraction of sp³-hybridized carbons (Fsp3) is 0.852. The van der Waals surface area contributed by atoms with Crippen LogP contribution in [0.5, 0.6) is 0 Å². The Morgan fingerprint density at radius 1 is 0.935 bits per heavy atom. The highest BCUT2D eigenvalue weighted by Crippen LogP contribution is 2.68. The first-order chi connectivity index (χ1) is 14.6. The van der Waals surface area contributed by atoms with Gasteiger partial charge in [-0.1, -0.05) is 26.8 Å². The molecule has 0 bridgehead atoms. The van der Waals surface area contributed by atoms with Crippen molar-refractivity contribution in [3.8, 4) is 0 Å². The van der Waals surface area contributed by atoms with E-state index in [9.17, 15) is 9.59 Å². The molecule has 0 amide bonds. The van der Waals surface area contributed by atoms with Crippen LogP contribution in [0.2, 0.25) is 0 Å². The summed E-state index contributed by atoms with van der Waals surface area (Å²) in [5.74, 6) is 2.99. The SMILES string of the molecule is C=C[C@@H](C)C1CCC2C3C(OC(C)=O)C[C@@H]4C[C@H](OC(C)=O)CC[C@]4(C)C3CC[C@@]21C. The summed E-state index contributed by atoms with van der Waals surface area (Å²) in [6, 6.07) is 0. The first kappa shape index (κ1) is 22.9. The molecule has 4 saturated carbocycles. The van der Waals surface area contributed by atoms with E-state index >= 15 is 0 Å². The van der Waals surface area contributed by atoms with Crippen molar-refractivity contribution in [3.05, 3.63) is 12.7 Å². The Morgan fingerprint density at radius 2 is 1.58 bits per heavy atom. The molecule has 0 N–H and O–H groups in total. The van der Waals surface area contributed by atoms with E-state index in [1.165, 1.54) is 32.6 Å². The van der Waals surface area contributed by atoms with Gasteiger partial charge in [-0.2, -0.15) is 0 Å². The molecule has 0 aliphatic heterocycles. The van der Waals surface area contributed by atoms with E-state index in [4.69, 9.17) is 9.47 Å². The molecule has 0 radical (unpaired) electrons. The second kappa shape index (κ2) is 8.23. The minimum absolute atomic E-state index is 0.000865. The Kier molecular flexibility index (Phi) is 6.07. The summed E-state index contributed by atoms with van der Waals surface area (Å²) in [4.78, 5) is 23.7. The number of hydrogen-bond acceptors (Lipinski definition) is 4. The standard InChI is InChI=1S/C27H42O4/c1-7-16(2)21-8-9-22-25-23(11-13-27(21,22)6)26(5)12-10-20(30-17(3)28)14-19(26)15-24(25)31-18(4)29/h7,16,19-25H,1,8-15H2,2-6H3/t16-,19+,20-,21?,22?,23?,24?,25?,26+,27-/m1/s1. The summed E-state index contributed by atoms with van der Waals surface area (Å²) in [7, 11) is 0. The topological polar surface area (TPSA) is 52.6 Å². The van der Waals surface area contributed by atoms with Crippen molar-refractivity contribution in [3.63, 3.8) is 0 Å². The lowest BCUT2D eigenvalue weighted by molar-refractivity contribution is -0.196. The van der Waals surface area contributed by atoms with Crippen molar-refractivity contribution in [1.29, 1.82) is 0 Å². The van der Waals surface area contributed by atoms with Gasteiger partial charge in [0.15, 0.2) is 0 Å². The van der Waals surface area contributed by atoms with Crippen LogP contribution in [0.1, 0.15) is 86.0 Å². The predicted molar refractivity (Wildman–Crippen MR) is 121 cm³/mol. The fourth-order valence-corrected chi connectivity index (χ4v) is 8.90. The van der Waals surface area contributed by atoms with Gasteiger partial charge in [0.2, 0.25) is 0 Å². The number of ether oxygens (including phenoxy) is 2. The quantitative estimate of drug-likeness (QED) is 0.409. The van der Waals surface area contributed by atoms with E-state index < -0.39 is 0 Å². The summed E-state index contributed by atoms with van der Waals surface area (Å²) < 4.78 is 11.7. The molecule has 4 rings (SSSR count). The number of carbonyl (C=O) groups is 2. The van der Waals surface area contributed by atoms with Crippen LogP contribution in [0, 0.1) is 46.3 Å². The third-order valence-electron chi connectivity index (χ3n) is 10.3. The number of fused-ring (bicyclic) bond motifs is 5. The van der Waals surface area contributed by atoms with Crippen LogP contribution < -0.4 is 0 Å². The fourth-order valence-electron chi connectivity index (χ4n) is 8.90. The molecule has 0 aromatic carbocycles. The Labute approximate surface area is 188 Å². The maximum absolute atomic E-state index is 12.1. The van der Waals surface area contributed by atoms with Crippen molar-refractivity contribution >= 4 is 11.9 Å². The number of carbonyl (C=O) groups excluding carboxylic acids is 2. The van der Waals surface area contributed by atoms with Gasteiger partial charge in [-0.3, -0.25) is 9.59 Å². The summed E-state index contributed by atoms with van der Waals surface area (Å²) in [6.07, 6.45) is 11.1. The Morgan fingerprint density at radius 3 is 2.23 bits per heavy atom. The van der Waals surface area contributed by atoms with Crippen LogP contribution in [0.3, 0.4) is 0 Å². The predicted octanol–water partition coefficient (Wildman–Crippen LogP) is 5.94. The van der Waals surface area contributed by atoms with E-state index in [1.807, 2.05) is 0 Å². The van der Waals surface area contributed by atoms with Crippen LogP contribution in [-0.2, 0) is 19.1 Å². The molecule has 5 unspecified atom stereocenters. The average Bonchev–Trinajstić information content (AvgIpc) is 3.04. The molecule has 0 saturated heterocycles. The number of hydrogen-bond donors (Lipinski definition) is 0. The third kappa shape index (κ3) is 3.76. The first-order valence-electron chi connectivity index (χ1n) is 12.6. The normalized spacial score (nSPS) is 47.3. The molecule has 0 aromatic rings. The van der Waals surface area contributed by atoms with Crippen molar-refractivity contribution in [2.45, 2.75) is 98.2 Å². The van der Waals surface area contributed by atoms with E-state index in [1.54, 1.807) is 6.92 Å². The van der Waals surface area contributed by atoms with Crippen LogP contribution in [0.4, 0.5) is 0 Å².